The Bertz CT molecular complexity index is 1360. The minimum Gasteiger partial charge on any atom is -0.505 e. The first-order valence-corrected chi connectivity index (χ1v) is 11.0. The average molecular weight is 444 g/mol. The number of aromatic carboxylic acids is 1. The second-order valence-electron chi connectivity index (χ2n) is 7.99. The van der Waals surface area contributed by atoms with Gasteiger partial charge in [0, 0.05) is 35.5 Å². The van der Waals surface area contributed by atoms with Gasteiger partial charge in [0.15, 0.2) is 11.4 Å². The van der Waals surface area contributed by atoms with Gasteiger partial charge in [-0.2, -0.15) is 0 Å². The van der Waals surface area contributed by atoms with Crippen LogP contribution in [-0.2, 0) is 6.54 Å². The molecule has 0 radical (unpaired) electrons. The summed E-state index contributed by atoms with van der Waals surface area (Å²) in [7, 11) is 0. The largest absolute Gasteiger partial charge is 0.505 e. The van der Waals surface area contributed by atoms with Crippen molar-refractivity contribution in [2.45, 2.75) is 33.2 Å². The summed E-state index contributed by atoms with van der Waals surface area (Å²) in [6.07, 6.45) is 4.92. The number of benzene rings is 1. The number of carboxylic acids is 1. The van der Waals surface area contributed by atoms with Crippen LogP contribution in [0.2, 0.25) is 0 Å². The summed E-state index contributed by atoms with van der Waals surface area (Å²) < 4.78 is 1.63. The molecule has 0 fully saturated rings. The molecule has 3 aromatic heterocycles. The fourth-order valence-corrected chi connectivity index (χ4v) is 4.10. The first-order chi connectivity index (χ1) is 16.0. The van der Waals surface area contributed by atoms with E-state index in [2.05, 4.69) is 23.8 Å². The van der Waals surface area contributed by atoms with E-state index in [0.717, 1.165) is 12.8 Å². The maximum atomic E-state index is 13.8. The summed E-state index contributed by atoms with van der Waals surface area (Å²) in [6, 6.07) is 14.2. The minimum atomic E-state index is -1.35. The van der Waals surface area contributed by atoms with Crippen LogP contribution in [-0.4, -0.2) is 30.7 Å². The number of hydrogen-bond donors (Lipinski definition) is 2. The molecule has 0 unspecified atom stereocenters. The third kappa shape index (κ3) is 4.09. The predicted octanol–water partition coefficient (Wildman–Crippen LogP) is 4.97. The van der Waals surface area contributed by atoms with Gasteiger partial charge in [-0.25, -0.2) is 9.78 Å². The molecular formula is C26H25N3O4. The SMILES string of the molecule is CCC(CC)Cn1c(=O)c(-c2ccccc2)cc2c(O)c(C(=O)O)nc(-c3cccnc3)c21. The molecule has 1 aromatic carbocycles. The molecule has 3 heterocycles. The first kappa shape index (κ1) is 22.2. The topological polar surface area (TPSA) is 105 Å². The standard InChI is InChI=1S/C26H25N3O4/c1-3-16(4-2)15-29-23-20(13-19(25(29)31)17-9-6-5-7-10-17)24(30)22(26(32)33)28-21(23)18-11-8-12-27-14-18/h5-14,16,30H,3-4,15H2,1-2H3,(H,32,33). The van der Waals surface area contributed by atoms with Crippen molar-refractivity contribution in [2.24, 2.45) is 5.92 Å². The molecular weight excluding hydrogens is 418 g/mol. The van der Waals surface area contributed by atoms with E-state index in [0.29, 0.717) is 34.4 Å². The Balaban J connectivity index is 2.18. The highest BCUT2D eigenvalue weighted by atomic mass is 16.4. The molecule has 4 aromatic rings. The second kappa shape index (κ2) is 9.24. The normalized spacial score (nSPS) is 11.2. The summed E-state index contributed by atoms with van der Waals surface area (Å²) >= 11 is 0. The van der Waals surface area contributed by atoms with Crippen molar-refractivity contribution in [1.82, 2.24) is 14.5 Å². The monoisotopic (exact) mass is 443 g/mol. The fourth-order valence-electron chi connectivity index (χ4n) is 4.10. The zero-order valence-corrected chi connectivity index (χ0v) is 18.5. The van der Waals surface area contributed by atoms with E-state index in [1.54, 1.807) is 35.2 Å². The van der Waals surface area contributed by atoms with Crippen molar-refractivity contribution >= 4 is 16.9 Å². The van der Waals surface area contributed by atoms with Crippen LogP contribution in [0.5, 0.6) is 5.75 Å². The lowest BCUT2D eigenvalue weighted by molar-refractivity contribution is 0.0687. The van der Waals surface area contributed by atoms with Crippen molar-refractivity contribution in [3.63, 3.8) is 0 Å². The van der Waals surface area contributed by atoms with E-state index < -0.39 is 17.4 Å². The summed E-state index contributed by atoms with van der Waals surface area (Å²) in [4.78, 5) is 34.1. The van der Waals surface area contributed by atoms with Gasteiger partial charge in [0.1, 0.15) is 0 Å². The lowest BCUT2D eigenvalue weighted by Crippen LogP contribution is -2.26. The third-order valence-corrected chi connectivity index (χ3v) is 6.03. The van der Waals surface area contributed by atoms with Crippen molar-refractivity contribution in [3.05, 3.63) is 77.0 Å². The van der Waals surface area contributed by atoms with E-state index in [1.165, 1.54) is 0 Å². The fraction of sp³-hybridized carbons (Fsp3) is 0.231. The lowest BCUT2D eigenvalue weighted by Gasteiger charge is -2.21. The zero-order chi connectivity index (χ0) is 23.5. The highest BCUT2D eigenvalue weighted by molar-refractivity contribution is 6.03. The predicted molar refractivity (Wildman–Crippen MR) is 127 cm³/mol. The molecule has 0 saturated carbocycles. The van der Waals surface area contributed by atoms with Gasteiger partial charge >= 0.3 is 5.97 Å². The smallest absolute Gasteiger partial charge is 0.358 e. The van der Waals surface area contributed by atoms with Gasteiger partial charge in [-0.05, 0) is 29.7 Å². The van der Waals surface area contributed by atoms with Gasteiger partial charge in [0.25, 0.3) is 5.56 Å². The van der Waals surface area contributed by atoms with Crippen LogP contribution >= 0.6 is 0 Å². The van der Waals surface area contributed by atoms with Crippen LogP contribution in [0, 0.1) is 5.92 Å². The number of carboxylic acid groups (broad SMARTS) is 1. The highest BCUT2D eigenvalue weighted by Gasteiger charge is 2.25. The molecule has 0 aliphatic carbocycles. The third-order valence-electron chi connectivity index (χ3n) is 6.03. The number of fused-ring (bicyclic) bond motifs is 1. The maximum absolute atomic E-state index is 13.8. The number of hydrogen-bond acceptors (Lipinski definition) is 5. The second-order valence-corrected chi connectivity index (χ2v) is 7.99. The highest BCUT2D eigenvalue weighted by Crippen LogP contribution is 2.36. The van der Waals surface area contributed by atoms with Crippen molar-refractivity contribution in [3.8, 4) is 28.1 Å². The van der Waals surface area contributed by atoms with Gasteiger partial charge in [-0.3, -0.25) is 9.78 Å². The Morgan fingerprint density at radius 1 is 1.06 bits per heavy atom. The number of aromatic nitrogens is 3. The molecule has 0 aliphatic rings. The quantitative estimate of drug-likeness (QED) is 0.418. The Morgan fingerprint density at radius 3 is 2.36 bits per heavy atom. The van der Waals surface area contributed by atoms with Gasteiger partial charge in [0.2, 0.25) is 0 Å². The van der Waals surface area contributed by atoms with Crippen molar-refractivity contribution in [1.29, 1.82) is 0 Å². The van der Waals surface area contributed by atoms with Crippen LogP contribution in [0.15, 0.2) is 65.7 Å². The first-order valence-electron chi connectivity index (χ1n) is 11.0. The lowest BCUT2D eigenvalue weighted by atomic mass is 9.99. The molecule has 7 heteroatoms. The van der Waals surface area contributed by atoms with Crippen molar-refractivity contribution in [2.75, 3.05) is 0 Å². The van der Waals surface area contributed by atoms with Gasteiger partial charge < -0.3 is 14.8 Å². The van der Waals surface area contributed by atoms with Crippen molar-refractivity contribution < 1.29 is 15.0 Å². The average Bonchev–Trinajstić information content (AvgIpc) is 2.84. The van der Waals surface area contributed by atoms with Crippen LogP contribution in [0.25, 0.3) is 33.3 Å². The molecule has 0 amide bonds. The minimum absolute atomic E-state index is 0.213. The molecule has 0 spiro atoms. The summed E-state index contributed by atoms with van der Waals surface area (Å²) in [6.45, 7) is 4.56. The molecule has 4 rings (SSSR count). The Labute approximate surface area is 191 Å². The van der Waals surface area contributed by atoms with E-state index in [1.807, 2.05) is 30.3 Å². The van der Waals surface area contributed by atoms with E-state index in [4.69, 9.17) is 0 Å². The number of rotatable bonds is 7. The maximum Gasteiger partial charge on any atom is 0.358 e. The number of nitrogens with zero attached hydrogens (tertiary/aromatic N) is 3. The number of aromatic hydroxyl groups is 1. The molecule has 7 nitrogen and oxygen atoms in total. The van der Waals surface area contributed by atoms with E-state index in [-0.39, 0.29) is 16.9 Å². The summed E-state index contributed by atoms with van der Waals surface area (Å²) in [5.74, 6) is -1.58. The summed E-state index contributed by atoms with van der Waals surface area (Å²) in [5, 5.41) is 20.9. The van der Waals surface area contributed by atoms with Gasteiger partial charge in [0.05, 0.1) is 11.2 Å². The van der Waals surface area contributed by atoms with E-state index >= 15 is 0 Å². The van der Waals surface area contributed by atoms with Crippen LogP contribution in [0.1, 0.15) is 37.2 Å². The van der Waals surface area contributed by atoms with Crippen LogP contribution in [0.3, 0.4) is 0 Å². The molecule has 0 atom stereocenters. The van der Waals surface area contributed by atoms with Gasteiger partial charge in [-0.1, -0.05) is 57.0 Å². The molecule has 0 bridgehead atoms. The van der Waals surface area contributed by atoms with Gasteiger partial charge in [-0.15, -0.1) is 0 Å². The Hall–Kier alpha value is -4.00. The summed E-state index contributed by atoms with van der Waals surface area (Å²) in [5.41, 5.74) is 1.68. The molecule has 168 valence electrons. The molecule has 0 aliphatic heterocycles. The number of carbonyl (C=O) groups is 1. The van der Waals surface area contributed by atoms with Crippen LogP contribution < -0.4 is 5.56 Å². The van der Waals surface area contributed by atoms with Crippen LogP contribution in [0.4, 0.5) is 0 Å². The molecule has 2 N–H and O–H groups in total. The molecule has 0 saturated heterocycles. The van der Waals surface area contributed by atoms with E-state index in [9.17, 15) is 19.8 Å². The number of pyridine rings is 3. The molecule has 33 heavy (non-hydrogen) atoms. The zero-order valence-electron chi connectivity index (χ0n) is 18.5. The Kier molecular flexibility index (Phi) is 6.22. The Morgan fingerprint density at radius 2 is 1.76 bits per heavy atom.